The van der Waals surface area contributed by atoms with Gasteiger partial charge < -0.3 is 20.5 Å². The quantitative estimate of drug-likeness (QED) is 0.768. The molecule has 1 aliphatic heterocycles. The van der Waals surface area contributed by atoms with Gasteiger partial charge in [-0.3, -0.25) is 4.79 Å². The van der Waals surface area contributed by atoms with Crippen LogP contribution in [0.1, 0.15) is 48.3 Å². The molecule has 0 radical (unpaired) electrons. The second-order valence-electron chi connectivity index (χ2n) is 7.48. The molecule has 3 N–H and O–H groups in total. The van der Waals surface area contributed by atoms with E-state index in [1.54, 1.807) is 4.68 Å². The number of nitrogens with two attached hydrogens (primary N) is 1. The standard InChI is InChI=1S/C20H27N5O3.ClH/c1-13-19(20(26)22-16(12-21)14-5-3-2-4-6-14)23-24-25(13)15-7-8-17-18(11-15)28-10-9-27-17;/h7-8,11,14,16H,2-6,9-10,12,21H2,1H3,(H,22,26);1H. The number of hydrogen-bond donors (Lipinski definition) is 2. The lowest BCUT2D eigenvalue weighted by Gasteiger charge is -2.29. The minimum absolute atomic E-state index is 0. The highest BCUT2D eigenvalue weighted by molar-refractivity contribution is 5.93. The second-order valence-corrected chi connectivity index (χ2v) is 7.48. The Bertz CT molecular complexity index is 851. The van der Waals surface area contributed by atoms with Crippen LogP contribution in [0.15, 0.2) is 18.2 Å². The van der Waals surface area contributed by atoms with E-state index in [9.17, 15) is 4.79 Å². The highest BCUT2D eigenvalue weighted by atomic mass is 35.5. The smallest absolute Gasteiger partial charge is 0.274 e. The number of amides is 1. The van der Waals surface area contributed by atoms with E-state index in [4.69, 9.17) is 15.2 Å². The molecule has 0 bridgehead atoms. The maximum atomic E-state index is 12.8. The fourth-order valence-electron chi connectivity index (χ4n) is 4.09. The van der Waals surface area contributed by atoms with Crippen LogP contribution < -0.4 is 20.5 Å². The van der Waals surface area contributed by atoms with Gasteiger partial charge in [-0.25, -0.2) is 4.68 Å². The van der Waals surface area contributed by atoms with Gasteiger partial charge in [-0.15, -0.1) is 17.5 Å². The van der Waals surface area contributed by atoms with E-state index >= 15 is 0 Å². The predicted octanol–water partition coefficient (Wildman–Crippen LogP) is 2.41. The summed E-state index contributed by atoms with van der Waals surface area (Å²) in [6.07, 6.45) is 5.91. The van der Waals surface area contributed by atoms with Crippen molar-refractivity contribution in [3.05, 3.63) is 29.6 Å². The van der Waals surface area contributed by atoms with Crippen LogP contribution in [0.2, 0.25) is 0 Å². The third-order valence-corrected chi connectivity index (χ3v) is 5.67. The first-order chi connectivity index (χ1) is 13.7. The van der Waals surface area contributed by atoms with Gasteiger partial charge in [-0.05, 0) is 37.8 Å². The zero-order valence-electron chi connectivity index (χ0n) is 16.6. The van der Waals surface area contributed by atoms with Crippen LogP contribution in [0.5, 0.6) is 11.5 Å². The highest BCUT2D eigenvalue weighted by Crippen LogP contribution is 2.32. The van der Waals surface area contributed by atoms with Gasteiger partial charge in [-0.1, -0.05) is 24.5 Å². The molecule has 1 atom stereocenters. The van der Waals surface area contributed by atoms with E-state index in [1.807, 2.05) is 25.1 Å². The summed E-state index contributed by atoms with van der Waals surface area (Å²) in [5, 5.41) is 11.4. The Hall–Kier alpha value is -2.32. The zero-order valence-corrected chi connectivity index (χ0v) is 17.4. The monoisotopic (exact) mass is 421 g/mol. The van der Waals surface area contributed by atoms with Gasteiger partial charge in [0, 0.05) is 18.7 Å². The summed E-state index contributed by atoms with van der Waals surface area (Å²) in [4.78, 5) is 12.8. The van der Waals surface area contributed by atoms with Crippen LogP contribution in [0, 0.1) is 12.8 Å². The summed E-state index contributed by atoms with van der Waals surface area (Å²) in [6.45, 7) is 3.33. The molecular formula is C20H28ClN5O3. The first-order valence-corrected chi connectivity index (χ1v) is 10.0. The Morgan fingerprint density at radius 2 is 1.97 bits per heavy atom. The van der Waals surface area contributed by atoms with Crippen LogP contribution in [0.3, 0.4) is 0 Å². The fraction of sp³-hybridized carbons (Fsp3) is 0.550. The molecule has 1 fully saturated rings. The maximum absolute atomic E-state index is 12.8. The molecule has 0 spiro atoms. The van der Waals surface area contributed by atoms with Gasteiger partial charge in [0.05, 0.1) is 11.4 Å². The Kier molecular flexibility index (Phi) is 6.97. The molecule has 0 saturated heterocycles. The van der Waals surface area contributed by atoms with Crippen LogP contribution in [0.4, 0.5) is 0 Å². The van der Waals surface area contributed by atoms with Crippen molar-refractivity contribution in [2.75, 3.05) is 19.8 Å². The number of halogens is 1. The van der Waals surface area contributed by atoms with Crippen molar-refractivity contribution in [3.8, 4) is 17.2 Å². The molecule has 1 aromatic heterocycles. The fourth-order valence-corrected chi connectivity index (χ4v) is 4.09. The van der Waals surface area contributed by atoms with Crippen LogP contribution in [-0.4, -0.2) is 46.7 Å². The van der Waals surface area contributed by atoms with Crippen molar-refractivity contribution in [1.29, 1.82) is 0 Å². The number of carbonyl (C=O) groups is 1. The van der Waals surface area contributed by atoms with Gasteiger partial charge in [0.2, 0.25) is 0 Å². The molecule has 1 aromatic carbocycles. The minimum Gasteiger partial charge on any atom is -0.486 e. The van der Waals surface area contributed by atoms with E-state index < -0.39 is 0 Å². The first-order valence-electron chi connectivity index (χ1n) is 10.0. The summed E-state index contributed by atoms with van der Waals surface area (Å²) >= 11 is 0. The lowest BCUT2D eigenvalue weighted by Crippen LogP contribution is -2.46. The molecule has 158 valence electrons. The lowest BCUT2D eigenvalue weighted by atomic mass is 9.84. The second kappa shape index (κ2) is 9.45. The molecule has 29 heavy (non-hydrogen) atoms. The Morgan fingerprint density at radius 1 is 1.24 bits per heavy atom. The number of nitrogens with zero attached hydrogens (tertiary/aromatic N) is 3. The Balaban J connectivity index is 0.00000240. The third kappa shape index (κ3) is 4.48. The number of fused-ring (bicyclic) bond motifs is 1. The van der Waals surface area contributed by atoms with Gasteiger partial charge in [0.15, 0.2) is 17.2 Å². The topological polar surface area (TPSA) is 104 Å². The predicted molar refractivity (Wildman–Crippen MR) is 111 cm³/mol. The number of aromatic nitrogens is 3. The minimum atomic E-state index is -0.220. The van der Waals surface area contributed by atoms with Gasteiger partial charge in [-0.2, -0.15) is 0 Å². The number of nitrogens with one attached hydrogen (secondary N) is 1. The van der Waals surface area contributed by atoms with Crippen LogP contribution >= 0.6 is 12.4 Å². The number of ether oxygens (including phenoxy) is 2. The highest BCUT2D eigenvalue weighted by Gasteiger charge is 2.26. The number of benzene rings is 1. The van der Waals surface area contributed by atoms with Crippen molar-refractivity contribution < 1.29 is 14.3 Å². The molecule has 1 aliphatic carbocycles. The van der Waals surface area contributed by atoms with Crippen molar-refractivity contribution in [3.63, 3.8) is 0 Å². The first kappa shape index (κ1) is 21.4. The van der Waals surface area contributed by atoms with E-state index in [2.05, 4.69) is 15.6 Å². The summed E-state index contributed by atoms with van der Waals surface area (Å²) in [5.41, 5.74) is 7.72. The number of carbonyl (C=O) groups excluding carboxylic acids is 1. The number of rotatable bonds is 5. The average molecular weight is 422 g/mol. The zero-order chi connectivity index (χ0) is 19.5. The molecule has 2 aliphatic rings. The van der Waals surface area contributed by atoms with Crippen LogP contribution in [0.25, 0.3) is 5.69 Å². The van der Waals surface area contributed by atoms with Crippen molar-refractivity contribution in [1.82, 2.24) is 20.3 Å². The molecule has 4 rings (SSSR count). The van der Waals surface area contributed by atoms with Gasteiger partial charge in [0.25, 0.3) is 5.91 Å². The maximum Gasteiger partial charge on any atom is 0.274 e. The molecule has 2 aromatic rings. The lowest BCUT2D eigenvalue weighted by molar-refractivity contribution is 0.0909. The van der Waals surface area contributed by atoms with E-state index in [-0.39, 0.29) is 24.4 Å². The van der Waals surface area contributed by atoms with E-state index in [1.165, 1.54) is 19.3 Å². The van der Waals surface area contributed by atoms with E-state index in [0.717, 1.165) is 18.5 Å². The van der Waals surface area contributed by atoms with E-state index in [0.29, 0.717) is 48.6 Å². The molecule has 1 amide bonds. The molecule has 8 nitrogen and oxygen atoms in total. The van der Waals surface area contributed by atoms with Crippen LogP contribution in [-0.2, 0) is 0 Å². The van der Waals surface area contributed by atoms with Crippen molar-refractivity contribution >= 4 is 18.3 Å². The molecule has 9 heteroatoms. The van der Waals surface area contributed by atoms with Gasteiger partial charge >= 0.3 is 0 Å². The Labute approximate surface area is 176 Å². The summed E-state index contributed by atoms with van der Waals surface area (Å²) < 4.78 is 12.8. The largest absolute Gasteiger partial charge is 0.486 e. The SMILES string of the molecule is Cc1c(C(=O)NC(CN)C2CCCCC2)nnn1-c1ccc2c(c1)OCCO2.Cl. The summed E-state index contributed by atoms with van der Waals surface area (Å²) in [6, 6.07) is 5.55. The summed E-state index contributed by atoms with van der Waals surface area (Å²) in [7, 11) is 0. The number of hydrogen-bond acceptors (Lipinski definition) is 6. The molecule has 1 unspecified atom stereocenters. The Morgan fingerprint density at radius 3 is 2.69 bits per heavy atom. The average Bonchev–Trinajstić information content (AvgIpc) is 3.13. The normalized spacial score (nSPS) is 17.3. The molecule has 2 heterocycles. The summed E-state index contributed by atoms with van der Waals surface area (Å²) in [5.74, 6) is 1.60. The van der Waals surface area contributed by atoms with Crippen molar-refractivity contribution in [2.45, 2.75) is 45.1 Å². The van der Waals surface area contributed by atoms with Crippen molar-refractivity contribution in [2.24, 2.45) is 11.7 Å². The molecule has 1 saturated carbocycles. The molecular weight excluding hydrogens is 394 g/mol. The van der Waals surface area contributed by atoms with Gasteiger partial charge in [0.1, 0.15) is 13.2 Å². The third-order valence-electron chi connectivity index (χ3n) is 5.67.